The molecule has 1 heterocycles. The Balaban J connectivity index is 1.88. The number of unbranched alkanes of at least 4 members (excludes halogenated alkanes) is 3. The fourth-order valence-electron chi connectivity index (χ4n) is 3.80. The molecule has 0 spiro atoms. The van der Waals surface area contributed by atoms with Crippen LogP contribution in [0.5, 0.6) is 5.75 Å². The molecular weight excluding hydrogens is 366 g/mol. The summed E-state index contributed by atoms with van der Waals surface area (Å²) in [5.74, 6) is 0.655. The fraction of sp³-hybridized carbons (Fsp3) is 0.652. The van der Waals surface area contributed by atoms with Crippen LogP contribution in [0, 0.1) is 12.8 Å². The summed E-state index contributed by atoms with van der Waals surface area (Å²) >= 11 is 0. The van der Waals surface area contributed by atoms with Crippen LogP contribution in [-0.4, -0.2) is 49.5 Å². The predicted molar refractivity (Wildman–Crippen MR) is 117 cm³/mol. The van der Waals surface area contributed by atoms with Crippen LogP contribution in [0.2, 0.25) is 0 Å². The van der Waals surface area contributed by atoms with Crippen molar-refractivity contribution < 1.29 is 14.3 Å². The monoisotopic (exact) mass is 403 g/mol. The van der Waals surface area contributed by atoms with Crippen LogP contribution in [0.15, 0.2) is 18.2 Å². The number of hydrogen-bond donors (Lipinski definition) is 2. The van der Waals surface area contributed by atoms with Gasteiger partial charge in [-0.2, -0.15) is 0 Å². The van der Waals surface area contributed by atoms with E-state index in [9.17, 15) is 9.59 Å². The summed E-state index contributed by atoms with van der Waals surface area (Å²) < 4.78 is 5.36. The van der Waals surface area contributed by atoms with Crippen molar-refractivity contribution >= 4 is 17.5 Å². The third kappa shape index (κ3) is 7.03. The number of aryl methyl sites for hydroxylation is 1. The molecule has 2 amide bonds. The lowest BCUT2D eigenvalue weighted by atomic mass is 9.95. The normalized spacial score (nSPS) is 18.1. The molecule has 1 aromatic carbocycles. The summed E-state index contributed by atoms with van der Waals surface area (Å²) in [4.78, 5) is 27.5. The molecule has 162 valence electrons. The van der Waals surface area contributed by atoms with Crippen LogP contribution in [-0.2, 0) is 9.59 Å². The van der Waals surface area contributed by atoms with Gasteiger partial charge < -0.3 is 15.4 Å². The number of nitrogens with one attached hydrogen (secondary N) is 2. The minimum absolute atomic E-state index is 0.0429. The molecule has 2 rings (SSSR count). The standard InChI is InChI=1S/C23H37N3O3/c1-5-6-7-8-13-24-23(28)19-10-9-14-26(16-19)18(3)22(27)25-20-15-17(2)11-12-21(20)29-4/h11-12,15,18-19H,5-10,13-14,16H2,1-4H3,(H,24,28)(H,25,27). The molecule has 0 radical (unpaired) electrons. The van der Waals surface area contributed by atoms with E-state index in [0.717, 1.165) is 44.3 Å². The molecule has 0 aromatic heterocycles. The topological polar surface area (TPSA) is 70.7 Å². The Bertz CT molecular complexity index is 677. The van der Waals surface area contributed by atoms with Gasteiger partial charge in [-0.25, -0.2) is 0 Å². The van der Waals surface area contributed by atoms with Crippen molar-refractivity contribution in [3.8, 4) is 5.75 Å². The number of anilines is 1. The van der Waals surface area contributed by atoms with E-state index < -0.39 is 0 Å². The zero-order chi connectivity index (χ0) is 21.2. The van der Waals surface area contributed by atoms with Crippen molar-refractivity contribution in [2.45, 2.75) is 65.3 Å². The Hall–Kier alpha value is -2.08. The summed E-state index contributed by atoms with van der Waals surface area (Å²) in [5.41, 5.74) is 1.74. The second-order valence-corrected chi connectivity index (χ2v) is 8.05. The van der Waals surface area contributed by atoms with Gasteiger partial charge in [0.1, 0.15) is 5.75 Å². The van der Waals surface area contributed by atoms with Gasteiger partial charge in [0.05, 0.1) is 24.8 Å². The number of piperidine rings is 1. The van der Waals surface area contributed by atoms with Gasteiger partial charge in [-0.3, -0.25) is 14.5 Å². The highest BCUT2D eigenvalue weighted by Crippen LogP contribution is 2.26. The highest BCUT2D eigenvalue weighted by Gasteiger charge is 2.31. The lowest BCUT2D eigenvalue weighted by molar-refractivity contribution is -0.129. The number of rotatable bonds is 10. The highest BCUT2D eigenvalue weighted by atomic mass is 16.5. The van der Waals surface area contributed by atoms with Gasteiger partial charge in [0.25, 0.3) is 0 Å². The maximum Gasteiger partial charge on any atom is 0.241 e. The van der Waals surface area contributed by atoms with E-state index in [1.54, 1.807) is 7.11 Å². The van der Waals surface area contributed by atoms with Crippen molar-refractivity contribution in [1.29, 1.82) is 0 Å². The molecule has 1 saturated heterocycles. The summed E-state index contributed by atoms with van der Waals surface area (Å²) in [5, 5.41) is 6.07. The van der Waals surface area contributed by atoms with E-state index in [0.29, 0.717) is 18.0 Å². The number of amides is 2. The van der Waals surface area contributed by atoms with Crippen LogP contribution in [0.4, 0.5) is 5.69 Å². The number of nitrogens with zero attached hydrogens (tertiary/aromatic N) is 1. The lowest BCUT2D eigenvalue weighted by Gasteiger charge is -2.35. The minimum atomic E-state index is -0.305. The maximum atomic E-state index is 12.8. The summed E-state index contributed by atoms with van der Waals surface area (Å²) in [6, 6.07) is 5.42. The second-order valence-electron chi connectivity index (χ2n) is 8.05. The zero-order valence-corrected chi connectivity index (χ0v) is 18.4. The van der Waals surface area contributed by atoms with Gasteiger partial charge in [-0.05, 0) is 57.4 Å². The first-order valence-electron chi connectivity index (χ1n) is 10.9. The first-order valence-corrected chi connectivity index (χ1v) is 10.9. The number of ether oxygens (including phenoxy) is 1. The van der Waals surface area contributed by atoms with E-state index in [1.807, 2.05) is 32.0 Å². The molecule has 0 bridgehead atoms. The van der Waals surface area contributed by atoms with Gasteiger partial charge in [0, 0.05) is 13.1 Å². The van der Waals surface area contributed by atoms with Crippen LogP contribution < -0.4 is 15.4 Å². The van der Waals surface area contributed by atoms with E-state index in [4.69, 9.17) is 4.74 Å². The Morgan fingerprint density at radius 1 is 1.28 bits per heavy atom. The average Bonchev–Trinajstić information content (AvgIpc) is 2.73. The van der Waals surface area contributed by atoms with E-state index in [-0.39, 0.29) is 23.8 Å². The van der Waals surface area contributed by atoms with Crippen LogP contribution in [0.1, 0.15) is 57.9 Å². The van der Waals surface area contributed by atoms with Crippen LogP contribution >= 0.6 is 0 Å². The van der Waals surface area contributed by atoms with Crippen molar-refractivity contribution in [2.75, 3.05) is 32.1 Å². The SMILES string of the molecule is CCCCCCNC(=O)C1CCCN(C(C)C(=O)Nc2cc(C)ccc2OC)C1. The molecule has 0 aliphatic carbocycles. The lowest BCUT2D eigenvalue weighted by Crippen LogP contribution is -2.50. The second kappa shape index (κ2) is 11.8. The quantitative estimate of drug-likeness (QED) is 0.584. The molecule has 2 atom stereocenters. The molecule has 1 aliphatic heterocycles. The number of likely N-dealkylation sites (tertiary alicyclic amines) is 1. The Kier molecular flexibility index (Phi) is 9.45. The summed E-state index contributed by atoms with van der Waals surface area (Å²) in [6.45, 7) is 8.28. The molecule has 29 heavy (non-hydrogen) atoms. The third-order valence-corrected chi connectivity index (χ3v) is 5.69. The Labute approximate surface area is 175 Å². The molecule has 2 unspecified atom stereocenters. The largest absolute Gasteiger partial charge is 0.495 e. The molecule has 1 fully saturated rings. The fourth-order valence-corrected chi connectivity index (χ4v) is 3.80. The highest BCUT2D eigenvalue weighted by molar-refractivity contribution is 5.96. The molecular formula is C23H37N3O3. The molecule has 1 aliphatic rings. The van der Waals surface area contributed by atoms with Crippen molar-refractivity contribution in [2.24, 2.45) is 5.92 Å². The van der Waals surface area contributed by atoms with Gasteiger partial charge in [-0.15, -0.1) is 0 Å². The first-order chi connectivity index (χ1) is 14.0. The van der Waals surface area contributed by atoms with Gasteiger partial charge in [0.15, 0.2) is 0 Å². The first kappa shape index (κ1) is 23.2. The van der Waals surface area contributed by atoms with Gasteiger partial charge in [0.2, 0.25) is 11.8 Å². The van der Waals surface area contributed by atoms with Crippen molar-refractivity contribution in [1.82, 2.24) is 10.2 Å². The Morgan fingerprint density at radius 3 is 2.79 bits per heavy atom. The number of benzene rings is 1. The van der Waals surface area contributed by atoms with Gasteiger partial charge in [-0.1, -0.05) is 32.3 Å². The minimum Gasteiger partial charge on any atom is -0.495 e. The average molecular weight is 404 g/mol. The zero-order valence-electron chi connectivity index (χ0n) is 18.4. The Morgan fingerprint density at radius 2 is 2.07 bits per heavy atom. The molecule has 2 N–H and O–H groups in total. The van der Waals surface area contributed by atoms with Crippen LogP contribution in [0.3, 0.4) is 0 Å². The molecule has 6 nitrogen and oxygen atoms in total. The number of methoxy groups -OCH3 is 1. The third-order valence-electron chi connectivity index (χ3n) is 5.69. The molecule has 6 heteroatoms. The summed E-state index contributed by atoms with van der Waals surface area (Å²) in [6.07, 6.45) is 6.42. The van der Waals surface area contributed by atoms with E-state index in [2.05, 4.69) is 22.5 Å². The maximum absolute atomic E-state index is 12.8. The van der Waals surface area contributed by atoms with Crippen molar-refractivity contribution in [3.05, 3.63) is 23.8 Å². The number of carbonyl (C=O) groups excluding carboxylic acids is 2. The van der Waals surface area contributed by atoms with Crippen molar-refractivity contribution in [3.63, 3.8) is 0 Å². The van der Waals surface area contributed by atoms with E-state index in [1.165, 1.54) is 12.8 Å². The predicted octanol–water partition coefficient (Wildman–Crippen LogP) is 3.74. The van der Waals surface area contributed by atoms with E-state index >= 15 is 0 Å². The smallest absolute Gasteiger partial charge is 0.241 e. The molecule has 0 saturated carbocycles. The number of hydrogen-bond acceptors (Lipinski definition) is 4. The van der Waals surface area contributed by atoms with Gasteiger partial charge >= 0.3 is 0 Å². The summed E-state index contributed by atoms with van der Waals surface area (Å²) in [7, 11) is 1.60. The number of carbonyl (C=O) groups is 2. The molecule has 1 aromatic rings. The van der Waals surface area contributed by atoms with Crippen LogP contribution in [0.25, 0.3) is 0 Å².